The molecule has 0 bridgehead atoms. The molecular weight excluding hydrogens is 638 g/mol. The Hall–Kier alpha value is -5.77. The fourth-order valence-electron chi connectivity index (χ4n) is 8.61. The van der Waals surface area contributed by atoms with Crippen molar-refractivity contribution in [1.82, 2.24) is 4.90 Å². The second-order valence-corrected chi connectivity index (χ2v) is 12.9. The Morgan fingerprint density at radius 1 is 0.880 bits per heavy atom. The average molecular weight is 674 g/mol. The van der Waals surface area contributed by atoms with Gasteiger partial charge in [-0.3, -0.25) is 19.2 Å². The number of methoxy groups -OCH3 is 3. The van der Waals surface area contributed by atoms with E-state index >= 15 is 0 Å². The molecule has 1 saturated carbocycles. The number of likely N-dealkylation sites (tertiary alicyclic amines) is 1. The maximum Gasteiger partial charge on any atom is 0.423 e. The van der Waals surface area contributed by atoms with Crippen molar-refractivity contribution in [2.75, 3.05) is 21.3 Å². The van der Waals surface area contributed by atoms with Gasteiger partial charge in [0.25, 0.3) is 0 Å². The highest BCUT2D eigenvalue weighted by Crippen LogP contribution is 2.61. The number of rotatable bonds is 6. The topological polar surface area (TPSA) is 137 Å². The van der Waals surface area contributed by atoms with E-state index in [1.165, 1.54) is 20.3 Å². The maximum atomic E-state index is 15.0. The third-order valence-electron chi connectivity index (χ3n) is 10.8. The first-order valence-electron chi connectivity index (χ1n) is 16.4. The Morgan fingerprint density at radius 2 is 1.52 bits per heavy atom. The van der Waals surface area contributed by atoms with Crippen molar-refractivity contribution in [3.63, 3.8) is 0 Å². The SMILES string of the molecule is COC(=O)N1C(=O)C2CC=C3C(CC4C(=O)C(c5ccccc5)=CC(=O)C4(c4ccccc4)C3C=Cc3cc(OC)c(O)c(OC)c3)C2C1=O. The third kappa shape index (κ3) is 4.80. The Balaban J connectivity index is 1.46. The van der Waals surface area contributed by atoms with Crippen molar-refractivity contribution in [2.45, 2.75) is 18.3 Å². The number of imide groups is 3. The number of phenols is 1. The second kappa shape index (κ2) is 12.6. The number of carbonyl (C=O) groups excluding carboxylic acids is 5. The number of hydrogen-bond acceptors (Lipinski definition) is 9. The molecule has 254 valence electrons. The highest BCUT2D eigenvalue weighted by atomic mass is 16.5. The van der Waals surface area contributed by atoms with Crippen LogP contribution in [0.15, 0.2) is 96.6 Å². The van der Waals surface area contributed by atoms with Crippen molar-refractivity contribution in [3.05, 3.63) is 113 Å². The summed E-state index contributed by atoms with van der Waals surface area (Å²) in [4.78, 5) is 70.5. The zero-order valence-electron chi connectivity index (χ0n) is 27.7. The monoisotopic (exact) mass is 673 g/mol. The van der Waals surface area contributed by atoms with Gasteiger partial charge in [-0.1, -0.05) is 84.5 Å². The average Bonchev–Trinajstić information content (AvgIpc) is 3.41. The summed E-state index contributed by atoms with van der Waals surface area (Å²) in [5.41, 5.74) is 1.47. The molecule has 6 atom stereocenters. The van der Waals surface area contributed by atoms with Crippen LogP contribution in [-0.4, -0.2) is 60.8 Å². The molecular formula is C40H35NO9. The van der Waals surface area contributed by atoms with E-state index in [1.54, 1.807) is 42.5 Å². The molecule has 1 saturated heterocycles. The zero-order chi connectivity index (χ0) is 35.3. The summed E-state index contributed by atoms with van der Waals surface area (Å²) in [5.74, 6) is -5.65. The number of hydrogen-bond donors (Lipinski definition) is 1. The number of phenolic OH excluding ortho intramolecular Hbond substituents is 1. The highest BCUT2D eigenvalue weighted by Gasteiger charge is 2.65. The lowest BCUT2D eigenvalue weighted by molar-refractivity contribution is -0.138. The molecule has 3 aromatic rings. The standard InChI is InChI=1S/C40H35NO9/c1-48-31-18-22(19-32(49-2)36(31)44)14-17-29-25-15-16-26-34(38(46)41(37(26)45)39(47)50-3)28(25)20-30-35(43)27(23-10-6-4-7-11-23)21-33(42)40(29,30)24-12-8-5-9-13-24/h4-15,17-19,21,26,28-30,34,44H,16,20H2,1-3H3. The Labute approximate surface area is 288 Å². The van der Waals surface area contributed by atoms with Gasteiger partial charge in [-0.25, -0.2) is 4.79 Å². The van der Waals surface area contributed by atoms with Crippen LogP contribution in [0.5, 0.6) is 17.2 Å². The van der Waals surface area contributed by atoms with Crippen molar-refractivity contribution >= 4 is 41.1 Å². The molecule has 10 heteroatoms. The van der Waals surface area contributed by atoms with Gasteiger partial charge in [0.15, 0.2) is 23.1 Å². The summed E-state index contributed by atoms with van der Waals surface area (Å²) in [6.45, 7) is 0. The van der Waals surface area contributed by atoms with Crippen LogP contribution in [-0.2, 0) is 29.3 Å². The smallest absolute Gasteiger partial charge is 0.423 e. The summed E-state index contributed by atoms with van der Waals surface area (Å²) < 4.78 is 15.6. The second-order valence-electron chi connectivity index (χ2n) is 12.9. The first kappa shape index (κ1) is 32.8. The lowest BCUT2D eigenvalue weighted by Gasteiger charge is -2.54. The van der Waals surface area contributed by atoms with Crippen LogP contribution in [0.1, 0.15) is 29.5 Å². The van der Waals surface area contributed by atoms with Gasteiger partial charge in [-0.15, -0.1) is 0 Å². The minimum absolute atomic E-state index is 0.107. The molecule has 10 nitrogen and oxygen atoms in total. The lowest BCUT2D eigenvalue weighted by Crippen LogP contribution is -2.59. The van der Waals surface area contributed by atoms with Crippen molar-refractivity contribution in [2.24, 2.45) is 29.6 Å². The third-order valence-corrected chi connectivity index (χ3v) is 10.8. The summed E-state index contributed by atoms with van der Waals surface area (Å²) in [5, 5.41) is 10.6. The highest BCUT2D eigenvalue weighted by molar-refractivity contribution is 6.31. The van der Waals surface area contributed by atoms with Crippen molar-refractivity contribution in [1.29, 1.82) is 0 Å². The van der Waals surface area contributed by atoms with E-state index < -0.39 is 52.9 Å². The number of allylic oxidation sites excluding steroid dienone is 5. The minimum Gasteiger partial charge on any atom is -0.502 e. The zero-order valence-corrected chi connectivity index (χ0v) is 27.7. The molecule has 0 spiro atoms. The van der Waals surface area contributed by atoms with Gasteiger partial charge in [-0.05, 0) is 53.7 Å². The van der Waals surface area contributed by atoms with Crippen LogP contribution >= 0.6 is 0 Å². The number of Topliss-reactive ketones (excluding diaryl/α,β-unsaturated/α-hetero) is 1. The summed E-state index contributed by atoms with van der Waals surface area (Å²) >= 11 is 0. The fraction of sp³-hybridized carbons (Fsp3) is 0.275. The van der Waals surface area contributed by atoms with Crippen LogP contribution < -0.4 is 9.47 Å². The van der Waals surface area contributed by atoms with Crippen molar-refractivity contribution < 1.29 is 43.3 Å². The minimum atomic E-state index is -1.40. The molecule has 7 rings (SSSR count). The molecule has 3 amide bonds. The van der Waals surface area contributed by atoms with Crippen LogP contribution in [0.2, 0.25) is 0 Å². The van der Waals surface area contributed by atoms with E-state index in [0.717, 1.165) is 12.7 Å². The Bertz CT molecular complexity index is 1990. The number of carbonyl (C=O) groups is 5. The summed E-state index contributed by atoms with van der Waals surface area (Å²) in [7, 11) is 3.96. The van der Waals surface area contributed by atoms with E-state index in [4.69, 9.17) is 14.2 Å². The number of nitrogens with zero attached hydrogens (tertiary/aromatic N) is 1. The molecule has 3 aliphatic carbocycles. The molecule has 1 N–H and O–H groups in total. The normalized spacial score (nSPS) is 27.3. The van der Waals surface area contributed by atoms with Crippen LogP contribution in [0.25, 0.3) is 11.6 Å². The van der Waals surface area contributed by atoms with Crippen molar-refractivity contribution in [3.8, 4) is 17.2 Å². The lowest BCUT2D eigenvalue weighted by atomic mass is 9.45. The van der Waals surface area contributed by atoms with Gasteiger partial charge in [0.2, 0.25) is 17.6 Å². The van der Waals surface area contributed by atoms with Crippen LogP contribution in [0.3, 0.4) is 0 Å². The van der Waals surface area contributed by atoms with Gasteiger partial charge in [0.1, 0.15) is 0 Å². The fourth-order valence-corrected chi connectivity index (χ4v) is 8.61. The molecule has 2 fully saturated rings. The quantitative estimate of drug-likeness (QED) is 0.264. The van der Waals surface area contributed by atoms with Gasteiger partial charge < -0.3 is 19.3 Å². The first-order valence-corrected chi connectivity index (χ1v) is 16.4. The largest absolute Gasteiger partial charge is 0.502 e. The van der Waals surface area contributed by atoms with E-state index in [9.17, 15) is 29.1 Å². The maximum absolute atomic E-state index is 15.0. The van der Waals surface area contributed by atoms with Gasteiger partial charge in [0, 0.05) is 17.4 Å². The van der Waals surface area contributed by atoms with Gasteiger partial charge in [0.05, 0.1) is 38.6 Å². The number of ketones is 2. The molecule has 1 aliphatic heterocycles. The predicted molar refractivity (Wildman–Crippen MR) is 182 cm³/mol. The number of benzene rings is 3. The molecule has 4 aliphatic rings. The number of amides is 3. The van der Waals surface area contributed by atoms with E-state index in [2.05, 4.69) is 0 Å². The molecule has 3 aromatic carbocycles. The summed E-state index contributed by atoms with van der Waals surface area (Å²) in [6.07, 6.45) is 6.22. The van der Waals surface area contributed by atoms with Gasteiger partial charge >= 0.3 is 6.09 Å². The molecule has 6 unspecified atom stereocenters. The van der Waals surface area contributed by atoms with E-state index in [1.807, 2.05) is 48.6 Å². The first-order chi connectivity index (χ1) is 24.2. The predicted octanol–water partition coefficient (Wildman–Crippen LogP) is 5.55. The van der Waals surface area contributed by atoms with E-state index in [-0.39, 0.29) is 47.2 Å². The summed E-state index contributed by atoms with van der Waals surface area (Å²) in [6, 6.07) is 21.5. The Morgan fingerprint density at radius 3 is 2.14 bits per heavy atom. The van der Waals surface area contributed by atoms with Gasteiger partial charge in [-0.2, -0.15) is 4.90 Å². The molecule has 0 radical (unpaired) electrons. The molecule has 1 heterocycles. The number of fused-ring (bicyclic) bond motifs is 4. The van der Waals surface area contributed by atoms with Crippen LogP contribution in [0, 0.1) is 29.6 Å². The number of aromatic hydroxyl groups is 1. The van der Waals surface area contributed by atoms with Crippen LogP contribution in [0.4, 0.5) is 4.79 Å². The molecule has 0 aromatic heterocycles. The van der Waals surface area contributed by atoms with E-state index in [0.29, 0.717) is 21.6 Å². The number of ether oxygens (including phenoxy) is 3. The Kier molecular flexibility index (Phi) is 8.25. The molecule has 50 heavy (non-hydrogen) atoms.